The first kappa shape index (κ1) is 15.8. The van der Waals surface area contributed by atoms with E-state index in [0.29, 0.717) is 18.1 Å². The summed E-state index contributed by atoms with van der Waals surface area (Å²) in [6.07, 6.45) is 5.39. The Kier molecular flexibility index (Phi) is 3.76. The number of likely N-dealkylation sites (tertiary alicyclic amines) is 1. The zero-order chi connectivity index (χ0) is 16.8. The van der Waals surface area contributed by atoms with Crippen LogP contribution in [0.5, 0.6) is 11.8 Å². The first-order chi connectivity index (χ1) is 11.5. The van der Waals surface area contributed by atoms with Crippen molar-refractivity contribution in [2.75, 3.05) is 26.2 Å². The Labute approximate surface area is 141 Å². The summed E-state index contributed by atoms with van der Waals surface area (Å²) in [5.74, 6) is 0.535. The van der Waals surface area contributed by atoms with Crippen LogP contribution in [0.3, 0.4) is 0 Å². The molecule has 2 aliphatic heterocycles. The van der Waals surface area contributed by atoms with E-state index in [0.717, 1.165) is 32.5 Å². The molecule has 24 heavy (non-hydrogen) atoms. The van der Waals surface area contributed by atoms with Gasteiger partial charge in [-0.1, -0.05) is 0 Å². The molecular weight excluding hydrogens is 330 g/mol. The van der Waals surface area contributed by atoms with Gasteiger partial charge in [0.25, 0.3) is 10.0 Å². The standard InChI is InChI=1S/C16H21N3O4S/c1-12-10-13-15(23-16(4-5-16)11-17-24(13,20)21)18-14(12)22-9-8-19-6-2-3-7-19/h10-11H,2-9H2,1H3. The van der Waals surface area contributed by atoms with Gasteiger partial charge >= 0.3 is 0 Å². The molecule has 130 valence electrons. The predicted octanol–water partition coefficient (Wildman–Crippen LogP) is 1.55. The van der Waals surface area contributed by atoms with Crippen molar-refractivity contribution in [2.45, 2.75) is 43.1 Å². The van der Waals surface area contributed by atoms with Gasteiger partial charge in [-0.25, -0.2) is 0 Å². The largest absolute Gasteiger partial charge is 0.476 e. The summed E-state index contributed by atoms with van der Waals surface area (Å²) >= 11 is 0. The SMILES string of the molecule is Cc1cc2c(nc1OCCN1CCCC1)OC1(C=NS2(=O)=O)CC1. The van der Waals surface area contributed by atoms with Crippen molar-refractivity contribution in [3.63, 3.8) is 0 Å². The summed E-state index contributed by atoms with van der Waals surface area (Å²) in [5.41, 5.74) is 0.0669. The molecule has 1 spiro atoms. The third kappa shape index (κ3) is 3.00. The molecule has 1 saturated heterocycles. The second-order valence-electron chi connectivity index (χ2n) is 6.69. The van der Waals surface area contributed by atoms with Gasteiger partial charge < -0.3 is 9.47 Å². The molecule has 4 rings (SSSR count). The molecule has 0 radical (unpaired) electrons. The molecule has 1 aromatic heterocycles. The van der Waals surface area contributed by atoms with Crippen LogP contribution in [0.1, 0.15) is 31.2 Å². The number of sulfonamides is 1. The Bertz CT molecular complexity index is 781. The summed E-state index contributed by atoms with van der Waals surface area (Å²) < 4.78 is 40.0. The number of nitrogens with zero attached hydrogens (tertiary/aromatic N) is 3. The van der Waals surface area contributed by atoms with Crippen LogP contribution in [0.4, 0.5) is 0 Å². The summed E-state index contributed by atoms with van der Waals surface area (Å²) in [6.45, 7) is 5.39. The van der Waals surface area contributed by atoms with Crippen molar-refractivity contribution in [1.82, 2.24) is 9.88 Å². The van der Waals surface area contributed by atoms with Crippen LogP contribution < -0.4 is 9.47 Å². The van der Waals surface area contributed by atoms with Gasteiger partial charge in [0.05, 0.1) is 6.21 Å². The topological polar surface area (TPSA) is 81.1 Å². The predicted molar refractivity (Wildman–Crippen MR) is 88.4 cm³/mol. The van der Waals surface area contributed by atoms with Crippen LogP contribution in [-0.2, 0) is 10.0 Å². The molecule has 1 aliphatic carbocycles. The number of pyridine rings is 1. The second-order valence-corrected chi connectivity index (χ2v) is 8.29. The average Bonchev–Trinajstić information content (AvgIpc) is 3.13. The lowest BCUT2D eigenvalue weighted by Crippen LogP contribution is -2.25. The number of ether oxygens (including phenoxy) is 2. The van der Waals surface area contributed by atoms with Gasteiger partial charge in [-0.2, -0.15) is 17.8 Å². The average molecular weight is 351 g/mol. The van der Waals surface area contributed by atoms with Crippen LogP contribution in [0.2, 0.25) is 0 Å². The molecule has 0 unspecified atom stereocenters. The zero-order valence-corrected chi connectivity index (χ0v) is 14.5. The van der Waals surface area contributed by atoms with Gasteiger partial charge in [0.1, 0.15) is 12.2 Å². The Morgan fingerprint density at radius 3 is 2.79 bits per heavy atom. The molecule has 8 heteroatoms. The maximum atomic E-state index is 12.3. The van der Waals surface area contributed by atoms with E-state index < -0.39 is 15.6 Å². The molecule has 0 bridgehead atoms. The number of hydrogen-bond acceptors (Lipinski definition) is 6. The fourth-order valence-electron chi connectivity index (χ4n) is 3.03. The normalized spacial score (nSPS) is 23.5. The van der Waals surface area contributed by atoms with Gasteiger partial charge in [-0.3, -0.25) is 4.90 Å². The molecule has 2 fully saturated rings. The lowest BCUT2D eigenvalue weighted by molar-refractivity contribution is 0.215. The van der Waals surface area contributed by atoms with Crippen molar-refractivity contribution in [1.29, 1.82) is 0 Å². The Balaban J connectivity index is 1.56. The van der Waals surface area contributed by atoms with Gasteiger partial charge in [0.2, 0.25) is 11.8 Å². The molecule has 0 aromatic carbocycles. The van der Waals surface area contributed by atoms with Crippen LogP contribution in [0, 0.1) is 6.92 Å². The summed E-state index contributed by atoms with van der Waals surface area (Å²) in [5, 5.41) is 0. The van der Waals surface area contributed by atoms with E-state index in [1.165, 1.54) is 19.1 Å². The van der Waals surface area contributed by atoms with Crippen LogP contribution in [-0.4, -0.2) is 56.4 Å². The van der Waals surface area contributed by atoms with Crippen LogP contribution in [0.15, 0.2) is 15.4 Å². The molecule has 0 atom stereocenters. The fourth-order valence-corrected chi connectivity index (χ4v) is 4.11. The Morgan fingerprint density at radius 2 is 2.08 bits per heavy atom. The number of aromatic nitrogens is 1. The summed E-state index contributed by atoms with van der Waals surface area (Å²) in [6, 6.07) is 1.54. The lowest BCUT2D eigenvalue weighted by Gasteiger charge is -2.17. The number of hydrogen-bond donors (Lipinski definition) is 0. The van der Waals surface area contributed by atoms with E-state index in [-0.39, 0.29) is 10.8 Å². The quantitative estimate of drug-likeness (QED) is 0.819. The second kappa shape index (κ2) is 5.70. The number of aryl methyl sites for hydroxylation is 1. The van der Waals surface area contributed by atoms with Crippen molar-refractivity contribution < 1.29 is 17.9 Å². The Morgan fingerprint density at radius 1 is 1.33 bits per heavy atom. The first-order valence-corrected chi connectivity index (χ1v) is 9.79. The highest BCUT2D eigenvalue weighted by Crippen LogP contribution is 2.43. The van der Waals surface area contributed by atoms with Crippen molar-refractivity contribution in [2.24, 2.45) is 4.40 Å². The molecule has 1 saturated carbocycles. The maximum Gasteiger partial charge on any atom is 0.287 e. The first-order valence-electron chi connectivity index (χ1n) is 8.35. The van der Waals surface area contributed by atoms with Crippen LogP contribution in [0.25, 0.3) is 0 Å². The molecule has 7 nitrogen and oxygen atoms in total. The Hall–Kier alpha value is -1.67. The lowest BCUT2D eigenvalue weighted by atomic mass is 10.3. The minimum Gasteiger partial charge on any atom is -0.476 e. The van der Waals surface area contributed by atoms with E-state index in [9.17, 15) is 8.42 Å². The third-order valence-electron chi connectivity index (χ3n) is 4.69. The maximum absolute atomic E-state index is 12.3. The molecule has 1 aromatic rings. The van der Waals surface area contributed by atoms with Crippen LogP contribution >= 0.6 is 0 Å². The summed E-state index contributed by atoms with van der Waals surface area (Å²) in [4.78, 5) is 6.72. The van der Waals surface area contributed by atoms with Gasteiger partial charge in [-0.05, 0) is 51.8 Å². The number of rotatable bonds is 4. The van der Waals surface area contributed by atoms with Gasteiger partial charge in [0, 0.05) is 12.1 Å². The monoisotopic (exact) mass is 351 g/mol. The molecule has 3 aliphatic rings. The summed E-state index contributed by atoms with van der Waals surface area (Å²) in [7, 11) is -3.76. The van der Waals surface area contributed by atoms with E-state index in [1.807, 2.05) is 0 Å². The third-order valence-corrected chi connectivity index (χ3v) is 5.92. The van der Waals surface area contributed by atoms with E-state index in [1.54, 1.807) is 13.0 Å². The van der Waals surface area contributed by atoms with Gasteiger partial charge in [0.15, 0.2) is 4.90 Å². The molecule has 0 N–H and O–H groups in total. The van der Waals surface area contributed by atoms with E-state index >= 15 is 0 Å². The van der Waals surface area contributed by atoms with E-state index in [2.05, 4.69) is 14.3 Å². The molecule has 0 amide bonds. The highest BCUT2D eigenvalue weighted by atomic mass is 32.2. The smallest absolute Gasteiger partial charge is 0.287 e. The zero-order valence-electron chi connectivity index (χ0n) is 13.7. The minimum absolute atomic E-state index is 0.0203. The van der Waals surface area contributed by atoms with E-state index in [4.69, 9.17) is 9.47 Å². The van der Waals surface area contributed by atoms with Crippen molar-refractivity contribution in [3.05, 3.63) is 11.6 Å². The molecule has 3 heterocycles. The van der Waals surface area contributed by atoms with Gasteiger partial charge in [-0.15, -0.1) is 0 Å². The fraction of sp³-hybridized carbons (Fsp3) is 0.625. The molecular formula is C16H21N3O4S. The minimum atomic E-state index is -3.76. The number of fused-ring (bicyclic) bond motifs is 1. The highest BCUT2D eigenvalue weighted by Gasteiger charge is 2.48. The van der Waals surface area contributed by atoms with Crippen molar-refractivity contribution >= 4 is 16.2 Å². The van der Waals surface area contributed by atoms with Crippen molar-refractivity contribution in [3.8, 4) is 11.8 Å². The highest BCUT2D eigenvalue weighted by molar-refractivity contribution is 7.90.